The van der Waals surface area contributed by atoms with Crippen molar-refractivity contribution in [2.45, 2.75) is 43.8 Å². The third-order valence-electron chi connectivity index (χ3n) is 1.51. The summed E-state index contributed by atoms with van der Waals surface area (Å²) in [6.07, 6.45) is -23.9. The van der Waals surface area contributed by atoms with Crippen molar-refractivity contribution in [3.05, 3.63) is 0 Å². The molecule has 436 valence electrons. The van der Waals surface area contributed by atoms with E-state index in [2.05, 4.69) is 9.47 Å². The van der Waals surface area contributed by atoms with Gasteiger partial charge in [0.25, 0.3) is 0 Å². The molecule has 0 aliphatic carbocycles. The van der Waals surface area contributed by atoms with E-state index in [0.29, 0.717) is 86.1 Å². The Kier molecular flexibility index (Phi) is 255. The summed E-state index contributed by atoms with van der Waals surface area (Å²) in [7, 11) is 0.847. The molecule has 0 aromatic heterocycles. The minimum atomic E-state index is -5.50. The van der Waals surface area contributed by atoms with E-state index in [1.165, 1.54) is 0 Å². The summed E-state index contributed by atoms with van der Waals surface area (Å²) in [4.78, 5) is 19.6. The van der Waals surface area contributed by atoms with E-state index < -0.39 is 93.4 Å². The molecule has 0 aliphatic heterocycles. The normalized spacial score (nSPS) is 8.46. The monoisotopic (exact) mass is 1160 g/mol. The van der Waals surface area contributed by atoms with Gasteiger partial charge in [-0.05, 0) is 6.42 Å². The number of alkyl halides is 32. The number of ether oxygens (including phenoxy) is 2. The van der Waals surface area contributed by atoms with Crippen LogP contribution in [0.5, 0.6) is 0 Å². The standard InChI is InChI=1S/C5H6F2O5S.2C2H4F2O.4CF4.12CH3F.Na/c6-4(8)2-1-3(5(7)9)13(10,11)12;2*3-1-5-2-4;4*2-1(3,4)5;12*1-2;/h3H,1-2H2,(H,10,11,12);2*1-2H2;;;;;12*1H3;/q;;;;;;;;;;;;;;;;;;;+1/p-1. The van der Waals surface area contributed by atoms with Crippen LogP contribution >= 0.6 is 0 Å². The Morgan fingerprint density at radius 1 is 0.397 bits per heavy atom. The van der Waals surface area contributed by atoms with Crippen LogP contribution in [-0.4, -0.2) is 170 Å². The average Bonchev–Trinajstić information content (AvgIpc) is 3.25. The van der Waals surface area contributed by atoms with Gasteiger partial charge in [-0.1, -0.05) is 0 Å². The van der Waals surface area contributed by atoms with Gasteiger partial charge >= 0.3 is 67.4 Å². The molecule has 1 atom stereocenters. The molecule has 0 radical (unpaired) electrons. The Morgan fingerprint density at radius 2 is 0.515 bits per heavy atom. The number of halogens is 34. The predicted molar refractivity (Wildman–Crippen MR) is 174 cm³/mol. The van der Waals surface area contributed by atoms with Crippen molar-refractivity contribution < 1.29 is 211 Å². The summed E-state index contributed by atoms with van der Waals surface area (Å²) in [6.45, 7) is -4.12. The van der Waals surface area contributed by atoms with Gasteiger partial charge in [0.2, 0.25) is 0 Å². The quantitative estimate of drug-likeness (QED) is 0.0979. The number of carbonyl (C=O) groups is 2. The van der Waals surface area contributed by atoms with Crippen LogP contribution in [0.2, 0.25) is 0 Å². The summed E-state index contributed by atoms with van der Waals surface area (Å²) < 4.78 is 372. The Morgan fingerprint density at radius 3 is 0.559 bits per heavy atom. The van der Waals surface area contributed by atoms with Crippen molar-refractivity contribution in [3.63, 3.8) is 0 Å². The SMILES string of the molecule is CF.CF.CF.CF.CF.CF.CF.CF.CF.CF.CF.CF.FC(F)(F)F.FC(F)(F)F.FC(F)(F)F.FC(F)(F)F.FCOCF.FCOCF.O=C(F)CCC(C(=O)F)S(=O)(=O)[O-].[Na+]. The van der Waals surface area contributed by atoms with Gasteiger partial charge in [-0.15, -0.1) is 70.2 Å². The molecule has 0 rings (SSSR count). The van der Waals surface area contributed by atoms with Gasteiger partial charge < -0.3 is 14.0 Å². The summed E-state index contributed by atoms with van der Waals surface area (Å²) in [6, 6.07) is -4.29. The van der Waals surface area contributed by atoms with Gasteiger partial charge in [0.15, 0.2) is 27.4 Å². The molecular weight excluding hydrogens is 1110 g/mol. The second-order valence-corrected chi connectivity index (χ2v) is 6.29. The number of carbonyl (C=O) groups excluding carboxylic acids is 2. The van der Waals surface area contributed by atoms with E-state index >= 15 is 0 Å². The third kappa shape index (κ3) is 892. The van der Waals surface area contributed by atoms with Crippen molar-refractivity contribution in [1.29, 1.82) is 0 Å². The van der Waals surface area contributed by atoms with E-state index in [4.69, 9.17) is 0 Å². The van der Waals surface area contributed by atoms with Crippen molar-refractivity contribution in [2.24, 2.45) is 0 Å². The van der Waals surface area contributed by atoms with Crippen LogP contribution in [0.15, 0.2) is 0 Å². The molecule has 0 heterocycles. The largest absolute Gasteiger partial charge is 1.00 e. The Hall–Kier alpha value is -2.21. The van der Waals surface area contributed by atoms with E-state index in [1.807, 2.05) is 0 Å². The molecule has 43 heteroatoms. The maximum atomic E-state index is 11.9. The van der Waals surface area contributed by atoms with Crippen LogP contribution in [0.25, 0.3) is 0 Å². The van der Waals surface area contributed by atoms with Crippen molar-refractivity contribution >= 4 is 22.2 Å². The Balaban J connectivity index is -0.0000000208. The van der Waals surface area contributed by atoms with Crippen LogP contribution in [0.4, 0.5) is 149 Å². The first-order valence-electron chi connectivity index (χ1n) is 12.9. The van der Waals surface area contributed by atoms with E-state index in [1.54, 1.807) is 0 Å². The van der Waals surface area contributed by atoms with Crippen molar-refractivity contribution in [3.8, 4) is 0 Å². The molecule has 0 spiro atoms. The zero-order valence-corrected chi connectivity index (χ0v) is 39.8. The Labute approximate surface area is 390 Å². The van der Waals surface area contributed by atoms with Crippen LogP contribution < -0.4 is 29.6 Å². The van der Waals surface area contributed by atoms with Gasteiger partial charge in [0.05, 0.1) is 86.1 Å². The fraction of sp³-hybridized carbons (Fsp3) is 0.920. The average molecular weight is 1160 g/mol. The molecule has 0 aromatic carbocycles. The zero-order chi connectivity index (χ0) is 60.9. The summed E-state index contributed by atoms with van der Waals surface area (Å²) in [5, 5.41) is -2.48. The van der Waals surface area contributed by atoms with E-state index in [-0.39, 0.29) is 29.6 Å². The molecule has 1 unspecified atom stereocenters. The van der Waals surface area contributed by atoms with Crippen molar-refractivity contribution in [1.82, 2.24) is 0 Å². The molecule has 0 aliphatic rings. The summed E-state index contributed by atoms with van der Waals surface area (Å²) >= 11 is 0. The molecule has 0 saturated heterocycles. The number of hydrogen-bond acceptors (Lipinski definition) is 7. The molecule has 0 bridgehead atoms. The van der Waals surface area contributed by atoms with Crippen LogP contribution in [-0.2, 0) is 29.2 Å². The van der Waals surface area contributed by atoms with Gasteiger partial charge in [-0.3, -0.25) is 62.3 Å². The first-order valence-corrected chi connectivity index (χ1v) is 14.3. The molecule has 68 heavy (non-hydrogen) atoms. The minimum absolute atomic E-state index is 0. The van der Waals surface area contributed by atoms with Crippen LogP contribution in [0, 0.1) is 0 Å². The fourth-order valence-electron chi connectivity index (χ4n) is 0.674. The smallest absolute Gasteiger partial charge is 0.747 e. The second kappa shape index (κ2) is 131. The number of hydrogen-bond donors (Lipinski definition) is 0. The minimum Gasteiger partial charge on any atom is -0.747 e. The number of rotatable bonds is 9. The van der Waals surface area contributed by atoms with Gasteiger partial charge in [-0.2, -0.15) is 8.78 Å². The third-order valence-corrected chi connectivity index (χ3v) is 2.63. The predicted octanol–water partition coefficient (Wildman–Crippen LogP) is 11.3. The Bertz CT molecular complexity index is 690. The van der Waals surface area contributed by atoms with Crippen LogP contribution in [0.3, 0.4) is 0 Å². The second-order valence-electron chi connectivity index (χ2n) is 4.74. The molecule has 0 N–H and O–H groups in total. The molecule has 0 amide bonds. The van der Waals surface area contributed by atoms with E-state index in [0.717, 1.165) is 0 Å². The fourth-order valence-corrected chi connectivity index (χ4v) is 1.31. The molecular formula is C25H49F34NaO7S. The summed E-state index contributed by atoms with van der Waals surface area (Å²) in [5.41, 5.74) is 0. The topological polar surface area (TPSA) is 110 Å². The van der Waals surface area contributed by atoms with Gasteiger partial charge in [0, 0.05) is 6.42 Å². The molecule has 0 aromatic rings. The van der Waals surface area contributed by atoms with Crippen LogP contribution in [0.1, 0.15) is 12.8 Å². The molecule has 7 nitrogen and oxygen atoms in total. The maximum absolute atomic E-state index is 11.9. The molecule has 0 saturated carbocycles. The van der Waals surface area contributed by atoms with Gasteiger partial charge in [-0.25, -0.2) is 26.0 Å². The van der Waals surface area contributed by atoms with Gasteiger partial charge in [0.1, 0.15) is 15.4 Å². The zero-order valence-electron chi connectivity index (χ0n) is 36.9. The first kappa shape index (κ1) is 132. The summed E-state index contributed by atoms with van der Waals surface area (Å²) in [5.74, 6) is 0. The molecule has 0 fully saturated rings. The van der Waals surface area contributed by atoms with E-state index in [9.17, 15) is 172 Å². The first-order chi connectivity index (χ1) is 30.6. The van der Waals surface area contributed by atoms with Crippen molar-refractivity contribution in [2.75, 3.05) is 114 Å². The maximum Gasteiger partial charge on any atom is 1.00 e.